The standard InChI is InChI=1S/C22H24N4O3S/c1-14-6-4-5-7-17(14)12-30-22-25-24-21(26(22)3)15(2)23-20(27)11-16-8-9-18-19(10-16)29-13-28-18/h4-10,15H,11-13H2,1-3H3,(H,23,27)/t15-/m0/s1. The van der Waals surface area contributed by atoms with Gasteiger partial charge in [-0.3, -0.25) is 4.79 Å². The predicted molar refractivity (Wildman–Crippen MR) is 115 cm³/mol. The molecule has 0 spiro atoms. The molecule has 1 amide bonds. The van der Waals surface area contributed by atoms with Gasteiger partial charge < -0.3 is 19.4 Å². The largest absolute Gasteiger partial charge is 0.454 e. The second-order valence-corrected chi connectivity index (χ2v) is 8.21. The molecule has 1 atom stereocenters. The maximum Gasteiger partial charge on any atom is 0.231 e. The Morgan fingerprint density at radius 1 is 1.20 bits per heavy atom. The number of hydrogen-bond acceptors (Lipinski definition) is 6. The minimum absolute atomic E-state index is 0.0847. The molecule has 1 aliphatic heterocycles. The van der Waals surface area contributed by atoms with E-state index in [1.54, 1.807) is 11.8 Å². The van der Waals surface area contributed by atoms with E-state index in [-0.39, 0.29) is 25.2 Å². The summed E-state index contributed by atoms with van der Waals surface area (Å²) in [5.41, 5.74) is 3.41. The van der Waals surface area contributed by atoms with E-state index in [2.05, 4.69) is 34.6 Å². The Morgan fingerprint density at radius 2 is 2.00 bits per heavy atom. The van der Waals surface area contributed by atoms with Crippen LogP contribution in [0, 0.1) is 6.92 Å². The second-order valence-electron chi connectivity index (χ2n) is 7.27. The van der Waals surface area contributed by atoms with Crippen molar-refractivity contribution in [2.45, 2.75) is 37.2 Å². The Kier molecular flexibility index (Phi) is 5.94. The van der Waals surface area contributed by atoms with Crippen molar-refractivity contribution in [1.82, 2.24) is 20.1 Å². The number of hydrogen-bond donors (Lipinski definition) is 1. The number of thioether (sulfide) groups is 1. The van der Waals surface area contributed by atoms with E-state index in [0.29, 0.717) is 11.5 Å². The molecule has 0 radical (unpaired) electrons. The van der Waals surface area contributed by atoms with Crippen LogP contribution in [-0.4, -0.2) is 27.5 Å². The van der Waals surface area contributed by atoms with Gasteiger partial charge in [-0.05, 0) is 42.7 Å². The zero-order valence-corrected chi connectivity index (χ0v) is 18.0. The van der Waals surface area contributed by atoms with Crippen LogP contribution in [0.2, 0.25) is 0 Å². The highest BCUT2D eigenvalue weighted by atomic mass is 32.2. The molecule has 1 aliphatic rings. The Morgan fingerprint density at radius 3 is 2.83 bits per heavy atom. The van der Waals surface area contributed by atoms with Gasteiger partial charge >= 0.3 is 0 Å². The lowest BCUT2D eigenvalue weighted by Gasteiger charge is -2.14. The first-order valence-corrected chi connectivity index (χ1v) is 10.7. The highest BCUT2D eigenvalue weighted by molar-refractivity contribution is 7.98. The fraction of sp³-hybridized carbons (Fsp3) is 0.318. The monoisotopic (exact) mass is 424 g/mol. The summed E-state index contributed by atoms with van der Waals surface area (Å²) in [4.78, 5) is 12.5. The molecule has 1 aromatic heterocycles. The highest BCUT2D eigenvalue weighted by Crippen LogP contribution is 2.32. The molecular formula is C22H24N4O3S. The molecule has 2 aromatic carbocycles. The summed E-state index contributed by atoms with van der Waals surface area (Å²) in [5, 5.41) is 12.4. The molecule has 4 rings (SSSR count). The fourth-order valence-corrected chi connectivity index (χ4v) is 4.33. The molecule has 0 aliphatic carbocycles. The van der Waals surface area contributed by atoms with Crippen LogP contribution in [0.4, 0.5) is 0 Å². The number of nitrogens with one attached hydrogen (secondary N) is 1. The van der Waals surface area contributed by atoms with E-state index in [1.165, 1.54) is 11.1 Å². The lowest BCUT2D eigenvalue weighted by molar-refractivity contribution is -0.121. The maximum absolute atomic E-state index is 12.5. The van der Waals surface area contributed by atoms with Crippen molar-refractivity contribution in [3.8, 4) is 11.5 Å². The summed E-state index contributed by atoms with van der Waals surface area (Å²) >= 11 is 1.64. The summed E-state index contributed by atoms with van der Waals surface area (Å²) in [7, 11) is 1.93. The molecule has 0 unspecified atom stereocenters. The molecule has 0 saturated heterocycles. The Hall–Kier alpha value is -3.00. The molecule has 8 heteroatoms. The van der Waals surface area contributed by atoms with Gasteiger partial charge in [0.25, 0.3) is 0 Å². The Bertz CT molecular complexity index is 1070. The van der Waals surface area contributed by atoms with Gasteiger partial charge in [-0.2, -0.15) is 0 Å². The first-order valence-electron chi connectivity index (χ1n) is 9.75. The molecular weight excluding hydrogens is 400 g/mol. The number of rotatable bonds is 7. The third-order valence-corrected chi connectivity index (χ3v) is 6.12. The first-order chi connectivity index (χ1) is 14.5. The molecule has 3 aromatic rings. The van der Waals surface area contributed by atoms with Crippen LogP contribution in [0.1, 0.15) is 35.5 Å². The second kappa shape index (κ2) is 8.79. The van der Waals surface area contributed by atoms with E-state index in [4.69, 9.17) is 9.47 Å². The normalized spacial score (nSPS) is 13.3. The van der Waals surface area contributed by atoms with E-state index >= 15 is 0 Å². The SMILES string of the molecule is Cc1ccccc1CSc1nnc([C@H](C)NC(=O)Cc2ccc3c(c2)OCO3)n1C. The van der Waals surface area contributed by atoms with Crippen molar-refractivity contribution >= 4 is 17.7 Å². The van der Waals surface area contributed by atoms with Crippen LogP contribution in [-0.2, 0) is 24.0 Å². The number of amides is 1. The van der Waals surface area contributed by atoms with Crippen molar-refractivity contribution in [2.24, 2.45) is 7.05 Å². The average molecular weight is 425 g/mol. The molecule has 2 heterocycles. The van der Waals surface area contributed by atoms with Crippen molar-refractivity contribution in [3.05, 3.63) is 65.0 Å². The summed E-state index contributed by atoms with van der Waals surface area (Å²) in [6, 6.07) is 13.6. The third-order valence-electron chi connectivity index (χ3n) is 5.05. The zero-order chi connectivity index (χ0) is 21.1. The smallest absolute Gasteiger partial charge is 0.231 e. The van der Waals surface area contributed by atoms with E-state index < -0.39 is 0 Å². The Labute approximate surface area is 179 Å². The molecule has 0 fully saturated rings. The van der Waals surface area contributed by atoms with Gasteiger partial charge in [0.05, 0.1) is 12.5 Å². The molecule has 156 valence electrons. The Balaban J connectivity index is 1.36. The minimum Gasteiger partial charge on any atom is -0.454 e. The molecule has 30 heavy (non-hydrogen) atoms. The fourth-order valence-electron chi connectivity index (χ4n) is 3.34. The van der Waals surface area contributed by atoms with Crippen LogP contribution < -0.4 is 14.8 Å². The van der Waals surface area contributed by atoms with Crippen molar-refractivity contribution in [3.63, 3.8) is 0 Å². The quantitative estimate of drug-likeness (QED) is 0.585. The van der Waals surface area contributed by atoms with E-state index in [0.717, 1.165) is 22.3 Å². The molecule has 7 nitrogen and oxygen atoms in total. The lowest BCUT2D eigenvalue weighted by Crippen LogP contribution is -2.29. The van der Waals surface area contributed by atoms with Gasteiger partial charge in [0.1, 0.15) is 0 Å². The van der Waals surface area contributed by atoms with Gasteiger partial charge in [0.2, 0.25) is 12.7 Å². The number of fused-ring (bicyclic) bond motifs is 1. The van der Waals surface area contributed by atoms with Gasteiger partial charge in [-0.25, -0.2) is 0 Å². The van der Waals surface area contributed by atoms with Gasteiger partial charge in [-0.1, -0.05) is 42.1 Å². The predicted octanol–water partition coefficient (Wildman–Crippen LogP) is 3.56. The number of benzene rings is 2. The van der Waals surface area contributed by atoms with Crippen molar-refractivity contribution in [2.75, 3.05) is 6.79 Å². The number of carbonyl (C=O) groups excluding carboxylic acids is 1. The minimum atomic E-state index is -0.253. The number of aromatic nitrogens is 3. The van der Waals surface area contributed by atoms with E-state index in [9.17, 15) is 4.79 Å². The lowest BCUT2D eigenvalue weighted by atomic mass is 10.1. The van der Waals surface area contributed by atoms with Crippen LogP contribution in [0.5, 0.6) is 11.5 Å². The van der Waals surface area contributed by atoms with Gasteiger partial charge in [0, 0.05) is 12.8 Å². The number of carbonyl (C=O) groups is 1. The van der Waals surface area contributed by atoms with Crippen LogP contribution in [0.15, 0.2) is 47.6 Å². The molecule has 0 saturated carbocycles. The number of nitrogens with zero attached hydrogens (tertiary/aromatic N) is 3. The van der Waals surface area contributed by atoms with Gasteiger partial charge in [-0.15, -0.1) is 10.2 Å². The maximum atomic E-state index is 12.5. The zero-order valence-electron chi connectivity index (χ0n) is 17.2. The molecule has 0 bridgehead atoms. The highest BCUT2D eigenvalue weighted by Gasteiger charge is 2.19. The van der Waals surface area contributed by atoms with E-state index in [1.807, 2.05) is 48.9 Å². The summed E-state index contributed by atoms with van der Waals surface area (Å²) in [6.45, 7) is 4.24. The van der Waals surface area contributed by atoms with Crippen LogP contribution in [0.25, 0.3) is 0 Å². The number of aryl methyl sites for hydroxylation is 1. The molecule has 1 N–H and O–H groups in total. The third kappa shape index (κ3) is 4.43. The number of ether oxygens (including phenoxy) is 2. The summed E-state index contributed by atoms with van der Waals surface area (Å²) < 4.78 is 12.6. The topological polar surface area (TPSA) is 78.3 Å². The van der Waals surface area contributed by atoms with Crippen LogP contribution in [0.3, 0.4) is 0 Å². The first kappa shape index (κ1) is 20.3. The van der Waals surface area contributed by atoms with Crippen molar-refractivity contribution < 1.29 is 14.3 Å². The van der Waals surface area contributed by atoms with Crippen molar-refractivity contribution in [1.29, 1.82) is 0 Å². The summed E-state index contributed by atoms with van der Waals surface area (Å²) in [6.07, 6.45) is 0.258. The van der Waals surface area contributed by atoms with Gasteiger partial charge in [0.15, 0.2) is 22.5 Å². The average Bonchev–Trinajstić information content (AvgIpc) is 3.33. The van der Waals surface area contributed by atoms with Crippen LogP contribution >= 0.6 is 11.8 Å². The summed E-state index contributed by atoms with van der Waals surface area (Å²) in [5.74, 6) is 2.85.